The van der Waals surface area contributed by atoms with Gasteiger partial charge in [0.05, 0.1) is 17.8 Å². The molecule has 0 radical (unpaired) electrons. The number of aromatic nitrogens is 2. The van der Waals surface area contributed by atoms with Crippen LogP contribution in [0.15, 0.2) is 48.8 Å². The normalized spacial score (nSPS) is 14.5. The highest BCUT2D eigenvalue weighted by molar-refractivity contribution is 5.92. The van der Waals surface area contributed by atoms with Gasteiger partial charge in [0.25, 0.3) is 5.91 Å². The minimum absolute atomic E-state index is 0.132. The molecule has 0 spiro atoms. The molecule has 36 heavy (non-hydrogen) atoms. The molecule has 1 aliphatic rings. The third-order valence-corrected chi connectivity index (χ3v) is 6.21. The molecule has 186 valence electrons. The van der Waals surface area contributed by atoms with Gasteiger partial charge in [0.1, 0.15) is 17.8 Å². The van der Waals surface area contributed by atoms with E-state index < -0.39 is 17.8 Å². The number of aryl methyl sites for hydroxylation is 2. The van der Waals surface area contributed by atoms with Crippen LogP contribution in [0.5, 0.6) is 0 Å². The van der Waals surface area contributed by atoms with E-state index >= 15 is 0 Å². The maximum atomic E-state index is 13.5. The fourth-order valence-corrected chi connectivity index (χ4v) is 4.46. The van der Waals surface area contributed by atoms with Gasteiger partial charge in [-0.1, -0.05) is 18.2 Å². The van der Waals surface area contributed by atoms with Gasteiger partial charge in [-0.25, -0.2) is 19.2 Å². The van der Waals surface area contributed by atoms with E-state index in [1.165, 1.54) is 24.5 Å². The molecule has 1 aliphatic carbocycles. The smallest absolute Gasteiger partial charge is 0.335 e. The van der Waals surface area contributed by atoms with Crippen LogP contribution in [-0.4, -0.2) is 49.5 Å². The summed E-state index contributed by atoms with van der Waals surface area (Å²) in [6, 6.07) is 10.8. The van der Waals surface area contributed by atoms with Gasteiger partial charge in [0.2, 0.25) is 0 Å². The molecule has 0 bridgehead atoms. The summed E-state index contributed by atoms with van der Waals surface area (Å²) in [6.45, 7) is 1.76. The molecule has 4 rings (SSSR count). The van der Waals surface area contributed by atoms with Crippen LogP contribution in [0.3, 0.4) is 0 Å². The minimum Gasteiger partial charge on any atom is -0.480 e. The van der Waals surface area contributed by atoms with E-state index in [1.807, 2.05) is 0 Å². The standard InChI is InChI=1S/C26H25FN4O5/c1-15-8-16(2-6-21(15)27)11-28-25(34)22-10-19(29-14-30-22)12-31(13-24(32)33)23-7-4-17-9-18(26(35)36)3-5-20(17)23/h2-3,5-6,8-10,14,23H,4,7,11-13H2,1H3,(H,28,34)(H,32,33)(H,35,36). The number of benzene rings is 2. The first-order valence-electron chi connectivity index (χ1n) is 11.4. The van der Waals surface area contributed by atoms with Crippen molar-refractivity contribution < 1.29 is 29.0 Å². The predicted molar refractivity (Wildman–Crippen MR) is 127 cm³/mol. The number of halogens is 1. The number of aliphatic carboxylic acids is 1. The van der Waals surface area contributed by atoms with Gasteiger partial charge in [0, 0.05) is 19.1 Å². The fourth-order valence-electron chi connectivity index (χ4n) is 4.46. The molecule has 0 aliphatic heterocycles. The molecular formula is C26H25FN4O5. The van der Waals surface area contributed by atoms with Crippen molar-refractivity contribution >= 4 is 17.8 Å². The molecule has 3 N–H and O–H groups in total. The molecular weight excluding hydrogens is 467 g/mol. The molecule has 0 fully saturated rings. The number of carbonyl (C=O) groups is 3. The van der Waals surface area contributed by atoms with E-state index in [9.17, 15) is 29.0 Å². The molecule has 9 nitrogen and oxygen atoms in total. The van der Waals surface area contributed by atoms with Crippen molar-refractivity contribution in [1.29, 1.82) is 0 Å². The number of fused-ring (bicyclic) bond motifs is 1. The maximum Gasteiger partial charge on any atom is 0.335 e. The number of carbonyl (C=O) groups excluding carboxylic acids is 1. The Morgan fingerprint density at radius 2 is 1.92 bits per heavy atom. The maximum absolute atomic E-state index is 13.5. The summed E-state index contributed by atoms with van der Waals surface area (Å²) in [5, 5.41) is 21.5. The average molecular weight is 493 g/mol. The van der Waals surface area contributed by atoms with Crippen molar-refractivity contribution in [2.24, 2.45) is 0 Å². The minimum atomic E-state index is -1.01. The summed E-state index contributed by atoms with van der Waals surface area (Å²) in [6.07, 6.45) is 2.53. The van der Waals surface area contributed by atoms with Crippen molar-refractivity contribution in [1.82, 2.24) is 20.2 Å². The van der Waals surface area contributed by atoms with Gasteiger partial charge in [-0.2, -0.15) is 0 Å². The zero-order valence-electron chi connectivity index (χ0n) is 19.6. The molecule has 0 saturated carbocycles. The first kappa shape index (κ1) is 24.9. The Kier molecular flexibility index (Phi) is 7.35. The Labute approximate surface area is 206 Å². The van der Waals surface area contributed by atoms with Crippen molar-refractivity contribution in [3.8, 4) is 0 Å². The van der Waals surface area contributed by atoms with Gasteiger partial charge >= 0.3 is 11.9 Å². The van der Waals surface area contributed by atoms with Crippen LogP contribution in [0.4, 0.5) is 4.39 Å². The SMILES string of the molecule is Cc1cc(CNC(=O)c2cc(CN(CC(=O)O)C3CCc4cc(C(=O)O)ccc43)ncn2)ccc1F. The third kappa shape index (κ3) is 5.72. The first-order chi connectivity index (χ1) is 17.2. The van der Waals surface area contributed by atoms with Crippen LogP contribution in [0.25, 0.3) is 0 Å². The summed E-state index contributed by atoms with van der Waals surface area (Å²) in [5.74, 6) is -2.77. The Hall–Kier alpha value is -4.18. The molecule has 10 heteroatoms. The quantitative estimate of drug-likeness (QED) is 0.415. The number of rotatable bonds is 9. The van der Waals surface area contributed by atoms with Crippen LogP contribution < -0.4 is 5.32 Å². The Morgan fingerprint density at radius 3 is 2.64 bits per heavy atom. The van der Waals surface area contributed by atoms with Gasteiger partial charge in [-0.15, -0.1) is 0 Å². The molecule has 1 amide bonds. The molecule has 1 unspecified atom stereocenters. The van der Waals surface area contributed by atoms with E-state index in [0.717, 1.165) is 16.7 Å². The number of hydrogen-bond donors (Lipinski definition) is 3. The molecule has 1 atom stereocenters. The third-order valence-electron chi connectivity index (χ3n) is 6.21. The van der Waals surface area contributed by atoms with Crippen LogP contribution in [0, 0.1) is 12.7 Å². The topological polar surface area (TPSA) is 133 Å². The molecule has 0 saturated heterocycles. The monoisotopic (exact) mass is 492 g/mol. The molecule has 2 aromatic carbocycles. The lowest BCUT2D eigenvalue weighted by molar-refractivity contribution is -0.139. The number of nitrogens with zero attached hydrogens (tertiary/aromatic N) is 3. The van der Waals surface area contributed by atoms with E-state index in [4.69, 9.17) is 0 Å². The Balaban J connectivity index is 1.49. The van der Waals surface area contributed by atoms with Gasteiger partial charge in [-0.3, -0.25) is 14.5 Å². The lowest BCUT2D eigenvalue weighted by Crippen LogP contribution is -2.33. The van der Waals surface area contributed by atoms with Crippen LogP contribution in [-0.2, 0) is 24.3 Å². The van der Waals surface area contributed by atoms with Crippen molar-refractivity contribution in [2.75, 3.05) is 6.54 Å². The van der Waals surface area contributed by atoms with Gasteiger partial charge < -0.3 is 15.5 Å². The number of carboxylic acids is 2. The Morgan fingerprint density at radius 1 is 1.11 bits per heavy atom. The predicted octanol–water partition coefficient (Wildman–Crippen LogP) is 3.13. The summed E-state index contributed by atoms with van der Waals surface area (Å²) in [7, 11) is 0. The number of amides is 1. The summed E-state index contributed by atoms with van der Waals surface area (Å²) in [5.41, 5.74) is 3.81. The molecule has 1 aromatic heterocycles. The second-order valence-electron chi connectivity index (χ2n) is 8.73. The van der Waals surface area contributed by atoms with Gasteiger partial charge in [0.15, 0.2) is 0 Å². The zero-order valence-corrected chi connectivity index (χ0v) is 19.6. The average Bonchev–Trinajstić information content (AvgIpc) is 3.27. The largest absolute Gasteiger partial charge is 0.480 e. The van der Waals surface area contributed by atoms with Gasteiger partial charge in [-0.05, 0) is 66.3 Å². The van der Waals surface area contributed by atoms with E-state index in [0.29, 0.717) is 24.1 Å². The van der Waals surface area contributed by atoms with E-state index in [1.54, 1.807) is 36.1 Å². The first-order valence-corrected chi connectivity index (χ1v) is 11.4. The highest BCUT2D eigenvalue weighted by atomic mass is 19.1. The van der Waals surface area contributed by atoms with Crippen molar-refractivity contribution in [3.63, 3.8) is 0 Å². The summed E-state index contributed by atoms with van der Waals surface area (Å²) < 4.78 is 13.5. The van der Waals surface area contributed by atoms with Crippen LogP contribution in [0.1, 0.15) is 61.3 Å². The highest BCUT2D eigenvalue weighted by Gasteiger charge is 2.30. The summed E-state index contributed by atoms with van der Waals surface area (Å²) >= 11 is 0. The zero-order chi connectivity index (χ0) is 25.8. The number of carboxylic acid groups (broad SMARTS) is 2. The van der Waals surface area contributed by atoms with Crippen LogP contribution in [0.2, 0.25) is 0 Å². The lowest BCUT2D eigenvalue weighted by Gasteiger charge is -2.27. The number of hydrogen-bond acceptors (Lipinski definition) is 6. The number of nitrogens with one attached hydrogen (secondary N) is 1. The highest BCUT2D eigenvalue weighted by Crippen LogP contribution is 2.37. The number of aromatic carboxylic acids is 1. The van der Waals surface area contributed by atoms with Crippen molar-refractivity contribution in [2.45, 2.75) is 38.9 Å². The van der Waals surface area contributed by atoms with E-state index in [2.05, 4.69) is 15.3 Å². The molecule has 3 aromatic rings. The fraction of sp³-hybridized carbons (Fsp3) is 0.269. The second-order valence-corrected chi connectivity index (χ2v) is 8.73. The Bertz CT molecular complexity index is 1330. The van der Waals surface area contributed by atoms with Crippen LogP contribution >= 0.6 is 0 Å². The summed E-state index contributed by atoms with van der Waals surface area (Å²) in [4.78, 5) is 45.6. The molecule has 1 heterocycles. The lowest BCUT2D eigenvalue weighted by atomic mass is 10.0. The van der Waals surface area contributed by atoms with Crippen molar-refractivity contribution in [3.05, 3.63) is 93.8 Å². The van der Waals surface area contributed by atoms with E-state index in [-0.39, 0.29) is 42.8 Å². The second kappa shape index (κ2) is 10.6.